The number of rotatable bonds is 4. The summed E-state index contributed by atoms with van der Waals surface area (Å²) in [7, 11) is -7.95. The molecular weight excluding hydrogens is 309 g/mol. The Hall–Kier alpha value is -0.683. The van der Waals surface area contributed by atoms with Crippen LogP contribution in [-0.4, -0.2) is 22.0 Å². The molecule has 0 aromatic heterocycles. The highest BCUT2D eigenvalue weighted by atomic mass is 32.2. The molecular formula is C12H21F3O3SSi. The van der Waals surface area contributed by atoms with Gasteiger partial charge in [0.25, 0.3) is 0 Å². The number of alkyl halides is 3. The van der Waals surface area contributed by atoms with Gasteiger partial charge >= 0.3 is 15.6 Å². The van der Waals surface area contributed by atoms with Gasteiger partial charge in [0.05, 0.1) is 0 Å². The Kier molecular flexibility index (Phi) is 6.17. The summed E-state index contributed by atoms with van der Waals surface area (Å²) in [4.78, 5) is 0. The largest absolute Gasteiger partial charge is 0.535 e. The van der Waals surface area contributed by atoms with Gasteiger partial charge in [-0.1, -0.05) is 47.1 Å². The third-order valence-electron chi connectivity index (χ3n) is 3.57. The maximum absolute atomic E-state index is 12.2. The Balaban J connectivity index is 5.51. The molecule has 0 aliphatic heterocycles. The zero-order valence-corrected chi connectivity index (χ0v) is 14.3. The van der Waals surface area contributed by atoms with Crippen LogP contribution in [0.1, 0.15) is 41.5 Å². The molecule has 0 rings (SSSR count). The van der Waals surface area contributed by atoms with Crippen molar-refractivity contribution in [2.45, 2.75) is 63.7 Å². The van der Waals surface area contributed by atoms with Gasteiger partial charge in [-0.15, -0.1) is 0 Å². The Morgan fingerprint density at radius 2 is 1.30 bits per heavy atom. The smallest absolute Gasteiger partial charge is 0.322 e. The van der Waals surface area contributed by atoms with Gasteiger partial charge in [0.15, 0.2) is 8.07 Å². The first-order valence-corrected chi connectivity index (χ1v) is 9.95. The molecule has 0 spiro atoms. The average Bonchev–Trinajstić information content (AvgIpc) is 2.20. The third kappa shape index (κ3) is 3.91. The van der Waals surface area contributed by atoms with Crippen molar-refractivity contribution in [3.05, 3.63) is 0 Å². The maximum Gasteiger partial charge on any atom is 0.535 e. The molecule has 0 aromatic rings. The fourth-order valence-corrected chi connectivity index (χ4v) is 8.06. The summed E-state index contributed by atoms with van der Waals surface area (Å²) >= 11 is 0. The van der Waals surface area contributed by atoms with Gasteiger partial charge in [-0.3, -0.25) is 0 Å². The van der Waals surface area contributed by atoms with E-state index in [0.717, 1.165) is 0 Å². The van der Waals surface area contributed by atoms with Crippen LogP contribution in [0, 0.1) is 11.7 Å². The highest BCUT2D eigenvalue weighted by Crippen LogP contribution is 2.40. The highest BCUT2D eigenvalue weighted by Gasteiger charge is 2.48. The SMILES string of the molecule is CC(C)[Si](C#COS(=O)(=O)C(F)(F)F)(C(C)C)C(C)C. The minimum absolute atomic E-state index is 0.173. The molecule has 0 aliphatic rings. The van der Waals surface area contributed by atoms with E-state index in [4.69, 9.17) is 0 Å². The van der Waals surface area contributed by atoms with E-state index < -0.39 is 23.7 Å². The highest BCUT2D eigenvalue weighted by molar-refractivity contribution is 7.87. The van der Waals surface area contributed by atoms with Crippen molar-refractivity contribution in [2.24, 2.45) is 0 Å². The molecule has 0 radical (unpaired) electrons. The van der Waals surface area contributed by atoms with E-state index in [1.807, 2.05) is 47.6 Å². The van der Waals surface area contributed by atoms with E-state index in [1.54, 1.807) is 0 Å². The number of hydrogen-bond acceptors (Lipinski definition) is 3. The van der Waals surface area contributed by atoms with E-state index in [2.05, 4.69) is 9.73 Å². The summed E-state index contributed by atoms with van der Waals surface area (Å²) in [6, 6.07) is 0. The standard InChI is InChI=1S/C12H21F3O3SSi/c1-9(2)20(10(3)4,11(5)6)8-7-18-19(16,17)12(13,14)15/h9-11H,1-6H3. The molecule has 118 valence electrons. The van der Waals surface area contributed by atoms with Crippen molar-refractivity contribution in [2.75, 3.05) is 0 Å². The summed E-state index contributed by atoms with van der Waals surface area (Å²) in [6.07, 6.45) is 1.82. The van der Waals surface area contributed by atoms with Crippen molar-refractivity contribution >= 4 is 18.2 Å². The summed E-state index contributed by atoms with van der Waals surface area (Å²) in [5, 5.41) is 0. The van der Waals surface area contributed by atoms with Gasteiger partial charge in [-0.2, -0.15) is 21.6 Å². The molecule has 3 nitrogen and oxygen atoms in total. The van der Waals surface area contributed by atoms with Crippen molar-refractivity contribution in [3.63, 3.8) is 0 Å². The minimum atomic E-state index is -5.65. The first-order valence-electron chi connectivity index (χ1n) is 6.31. The maximum atomic E-state index is 12.2. The fourth-order valence-electron chi connectivity index (χ4n) is 2.64. The Labute approximate surface area is 120 Å². The Morgan fingerprint density at radius 3 is 1.55 bits per heavy atom. The molecule has 0 unspecified atom stereocenters. The topological polar surface area (TPSA) is 43.4 Å². The van der Waals surface area contributed by atoms with Gasteiger partial charge in [0.1, 0.15) is 6.11 Å². The zero-order valence-electron chi connectivity index (χ0n) is 12.5. The molecule has 0 saturated heterocycles. The van der Waals surface area contributed by atoms with Crippen LogP contribution >= 0.6 is 0 Å². The lowest BCUT2D eigenvalue weighted by Gasteiger charge is -2.37. The molecule has 0 heterocycles. The van der Waals surface area contributed by atoms with E-state index in [0.29, 0.717) is 0 Å². The van der Waals surface area contributed by atoms with E-state index >= 15 is 0 Å². The van der Waals surface area contributed by atoms with Crippen molar-refractivity contribution < 1.29 is 25.8 Å². The molecule has 0 bridgehead atoms. The molecule has 0 saturated carbocycles. The van der Waals surface area contributed by atoms with Gasteiger partial charge in [-0.25, -0.2) is 0 Å². The van der Waals surface area contributed by atoms with Crippen LogP contribution in [0.3, 0.4) is 0 Å². The fraction of sp³-hybridized carbons (Fsp3) is 0.833. The van der Waals surface area contributed by atoms with Crippen molar-refractivity contribution in [1.82, 2.24) is 0 Å². The lowest BCUT2D eigenvalue weighted by molar-refractivity contribution is -0.0509. The molecule has 0 N–H and O–H groups in total. The second-order valence-electron chi connectivity index (χ2n) is 5.61. The van der Waals surface area contributed by atoms with Crippen LogP contribution in [0.25, 0.3) is 0 Å². The molecule has 0 aromatic carbocycles. The van der Waals surface area contributed by atoms with E-state index in [1.165, 1.54) is 0 Å². The predicted octanol–water partition coefficient (Wildman–Crippen LogP) is 4.03. The summed E-state index contributed by atoms with van der Waals surface area (Å²) in [6.45, 7) is 11.7. The monoisotopic (exact) mass is 330 g/mol. The normalized spacial score (nSPS) is 13.6. The lowest BCUT2D eigenvalue weighted by Crippen LogP contribution is -2.43. The first-order chi connectivity index (χ1) is 8.79. The van der Waals surface area contributed by atoms with Crippen LogP contribution in [0.5, 0.6) is 0 Å². The van der Waals surface area contributed by atoms with Crippen molar-refractivity contribution in [1.29, 1.82) is 0 Å². The zero-order chi connectivity index (χ0) is 16.4. The molecule has 0 aliphatic carbocycles. The average molecular weight is 330 g/mol. The van der Waals surface area contributed by atoms with Gasteiger partial charge in [-0.05, 0) is 16.6 Å². The molecule has 8 heteroatoms. The summed E-state index contributed by atoms with van der Waals surface area (Å²) in [5.41, 5.74) is -2.18. The van der Waals surface area contributed by atoms with Crippen LogP contribution in [0.15, 0.2) is 0 Å². The van der Waals surface area contributed by atoms with Crippen molar-refractivity contribution in [3.8, 4) is 11.7 Å². The molecule has 0 atom stereocenters. The second-order valence-corrected chi connectivity index (χ2v) is 12.7. The quantitative estimate of drug-likeness (QED) is 0.338. The van der Waals surface area contributed by atoms with Gasteiger partial charge < -0.3 is 4.18 Å². The van der Waals surface area contributed by atoms with Crippen LogP contribution < -0.4 is 0 Å². The number of hydrogen-bond donors (Lipinski definition) is 0. The van der Waals surface area contributed by atoms with Crippen LogP contribution in [-0.2, 0) is 14.3 Å². The Bertz CT molecular complexity index is 463. The molecule has 20 heavy (non-hydrogen) atoms. The third-order valence-corrected chi connectivity index (χ3v) is 10.7. The second kappa shape index (κ2) is 6.39. The first kappa shape index (κ1) is 19.3. The summed E-state index contributed by atoms with van der Waals surface area (Å²) < 4.78 is 61.9. The van der Waals surface area contributed by atoms with Crippen LogP contribution in [0.2, 0.25) is 16.6 Å². The summed E-state index contributed by atoms with van der Waals surface area (Å²) in [5.74, 6) is 0. The Morgan fingerprint density at radius 1 is 0.950 bits per heavy atom. The molecule has 0 amide bonds. The van der Waals surface area contributed by atoms with Crippen LogP contribution in [0.4, 0.5) is 13.2 Å². The van der Waals surface area contributed by atoms with E-state index in [-0.39, 0.29) is 16.6 Å². The van der Waals surface area contributed by atoms with E-state index in [9.17, 15) is 21.6 Å². The van der Waals surface area contributed by atoms with Gasteiger partial charge in [0, 0.05) is 0 Å². The number of halogens is 3. The minimum Gasteiger partial charge on any atom is -0.322 e. The lowest BCUT2D eigenvalue weighted by atomic mass is 10.5. The predicted molar refractivity (Wildman–Crippen MR) is 74.9 cm³/mol. The van der Waals surface area contributed by atoms with Gasteiger partial charge in [0.2, 0.25) is 0 Å². The molecule has 0 fully saturated rings.